The second kappa shape index (κ2) is 6.18. The predicted molar refractivity (Wildman–Crippen MR) is 85.3 cm³/mol. The molecule has 3 rings (SSSR count). The Morgan fingerprint density at radius 2 is 1.91 bits per heavy atom. The predicted octanol–water partition coefficient (Wildman–Crippen LogP) is 4.50. The molecule has 0 radical (unpaired) electrons. The third-order valence-electron chi connectivity index (χ3n) is 4.16. The molecule has 0 bridgehead atoms. The van der Waals surface area contributed by atoms with E-state index < -0.39 is 0 Å². The fourth-order valence-electron chi connectivity index (χ4n) is 2.94. The minimum Gasteiger partial charge on any atom is -0.317 e. The summed E-state index contributed by atoms with van der Waals surface area (Å²) in [4.78, 5) is 14.4. The molecule has 22 heavy (non-hydrogen) atoms. The highest BCUT2D eigenvalue weighted by atomic mass is 19.1. The molecule has 1 aliphatic rings. The van der Waals surface area contributed by atoms with Gasteiger partial charge in [-0.1, -0.05) is 30.3 Å². The molecule has 0 aromatic heterocycles. The number of hydrogen-bond donors (Lipinski definition) is 1. The molecule has 4 heteroatoms. The Labute approximate surface area is 129 Å². The van der Waals surface area contributed by atoms with Crippen molar-refractivity contribution in [1.29, 1.82) is 0 Å². The van der Waals surface area contributed by atoms with Gasteiger partial charge in [-0.2, -0.15) is 0 Å². The fraction of sp³-hybridized carbons (Fsp3) is 0.278. The molecule has 2 aromatic carbocycles. The highest BCUT2D eigenvalue weighted by Gasteiger charge is 2.30. The van der Waals surface area contributed by atoms with Gasteiger partial charge in [-0.25, -0.2) is 9.18 Å². The van der Waals surface area contributed by atoms with Gasteiger partial charge in [0.15, 0.2) is 0 Å². The average molecular weight is 298 g/mol. The zero-order chi connectivity index (χ0) is 15.5. The number of halogens is 1. The van der Waals surface area contributed by atoms with Crippen LogP contribution in [0.1, 0.15) is 30.0 Å². The number of nitrogens with one attached hydrogen (secondary N) is 1. The summed E-state index contributed by atoms with van der Waals surface area (Å²) in [5, 5.41) is 2.98. The van der Waals surface area contributed by atoms with E-state index in [4.69, 9.17) is 0 Å². The number of amides is 2. The van der Waals surface area contributed by atoms with Crippen molar-refractivity contribution in [2.75, 3.05) is 11.9 Å². The van der Waals surface area contributed by atoms with E-state index in [2.05, 4.69) is 5.32 Å². The Balaban J connectivity index is 1.76. The van der Waals surface area contributed by atoms with E-state index in [1.807, 2.05) is 36.1 Å². The van der Waals surface area contributed by atoms with Crippen LogP contribution in [0.25, 0.3) is 0 Å². The van der Waals surface area contributed by atoms with Gasteiger partial charge in [0.25, 0.3) is 0 Å². The number of benzene rings is 2. The largest absolute Gasteiger partial charge is 0.322 e. The highest BCUT2D eigenvalue weighted by molar-refractivity contribution is 5.90. The van der Waals surface area contributed by atoms with E-state index in [0.717, 1.165) is 36.2 Å². The van der Waals surface area contributed by atoms with Gasteiger partial charge < -0.3 is 10.2 Å². The second-order valence-electron chi connectivity index (χ2n) is 5.65. The molecule has 114 valence electrons. The van der Waals surface area contributed by atoms with Crippen LogP contribution in [0.15, 0.2) is 48.5 Å². The first-order valence-corrected chi connectivity index (χ1v) is 7.54. The molecular formula is C18H19FN2O. The summed E-state index contributed by atoms with van der Waals surface area (Å²) in [6.45, 7) is 2.69. The molecule has 1 aliphatic heterocycles. The summed E-state index contributed by atoms with van der Waals surface area (Å²) in [5.41, 5.74) is 2.85. The third kappa shape index (κ3) is 2.96. The lowest BCUT2D eigenvalue weighted by atomic mass is 10.0. The quantitative estimate of drug-likeness (QED) is 0.869. The number of rotatable bonds is 2. The zero-order valence-corrected chi connectivity index (χ0v) is 12.6. The summed E-state index contributed by atoms with van der Waals surface area (Å²) in [6, 6.07) is 14.1. The fourth-order valence-corrected chi connectivity index (χ4v) is 2.94. The number of para-hydroxylation sites is 1. The van der Waals surface area contributed by atoms with Crippen LogP contribution in [-0.2, 0) is 0 Å². The van der Waals surface area contributed by atoms with Crippen molar-refractivity contribution in [1.82, 2.24) is 4.90 Å². The summed E-state index contributed by atoms with van der Waals surface area (Å²) in [5.74, 6) is -0.252. The number of aryl methyl sites for hydroxylation is 1. The molecule has 3 nitrogen and oxygen atoms in total. The molecule has 1 N–H and O–H groups in total. The van der Waals surface area contributed by atoms with Crippen molar-refractivity contribution in [2.24, 2.45) is 0 Å². The lowest BCUT2D eigenvalue weighted by Crippen LogP contribution is -2.34. The molecule has 1 fully saturated rings. The number of nitrogens with zero attached hydrogens (tertiary/aromatic N) is 1. The molecule has 1 heterocycles. The van der Waals surface area contributed by atoms with Crippen molar-refractivity contribution in [3.8, 4) is 0 Å². The Hall–Kier alpha value is -2.36. The van der Waals surface area contributed by atoms with Gasteiger partial charge in [-0.15, -0.1) is 0 Å². The number of anilines is 1. The second-order valence-corrected chi connectivity index (χ2v) is 5.65. The van der Waals surface area contributed by atoms with Gasteiger partial charge in [0.05, 0.1) is 6.04 Å². The van der Waals surface area contributed by atoms with Crippen LogP contribution in [0, 0.1) is 12.7 Å². The third-order valence-corrected chi connectivity index (χ3v) is 4.16. The van der Waals surface area contributed by atoms with Crippen LogP contribution in [0.4, 0.5) is 14.9 Å². The van der Waals surface area contributed by atoms with Gasteiger partial charge >= 0.3 is 6.03 Å². The van der Waals surface area contributed by atoms with Crippen molar-refractivity contribution >= 4 is 11.7 Å². The molecule has 2 aromatic rings. The van der Waals surface area contributed by atoms with Crippen LogP contribution in [0.3, 0.4) is 0 Å². The van der Waals surface area contributed by atoms with E-state index in [1.165, 1.54) is 12.1 Å². The smallest absolute Gasteiger partial charge is 0.317 e. The van der Waals surface area contributed by atoms with E-state index in [1.54, 1.807) is 12.1 Å². The molecular weight excluding hydrogens is 279 g/mol. The summed E-state index contributed by atoms with van der Waals surface area (Å²) in [6.07, 6.45) is 1.87. The van der Waals surface area contributed by atoms with Crippen molar-refractivity contribution in [3.63, 3.8) is 0 Å². The molecule has 0 aliphatic carbocycles. The normalized spacial score (nSPS) is 17.5. The lowest BCUT2D eigenvalue weighted by molar-refractivity contribution is 0.207. The summed E-state index contributed by atoms with van der Waals surface area (Å²) < 4.78 is 13.1. The van der Waals surface area contributed by atoms with Gasteiger partial charge in [0.2, 0.25) is 0 Å². The monoisotopic (exact) mass is 298 g/mol. The average Bonchev–Trinajstić information content (AvgIpc) is 3.00. The maximum absolute atomic E-state index is 13.1. The Morgan fingerprint density at radius 3 is 2.64 bits per heavy atom. The van der Waals surface area contributed by atoms with Crippen LogP contribution in [0.2, 0.25) is 0 Å². The maximum Gasteiger partial charge on any atom is 0.322 e. The topological polar surface area (TPSA) is 32.3 Å². The van der Waals surface area contributed by atoms with Crippen molar-refractivity contribution < 1.29 is 9.18 Å². The van der Waals surface area contributed by atoms with Crippen LogP contribution < -0.4 is 5.32 Å². The number of urea groups is 1. The number of carbonyl (C=O) groups excluding carboxylic acids is 1. The minimum absolute atomic E-state index is 0.0182. The standard InChI is InChI=1S/C18H19FN2O/c1-13-5-2-3-6-16(13)20-18(22)21-12-4-7-17(21)14-8-10-15(19)11-9-14/h2-3,5-6,8-11,17H,4,7,12H2,1H3,(H,20,22). The zero-order valence-electron chi connectivity index (χ0n) is 12.6. The Kier molecular flexibility index (Phi) is 4.09. The van der Waals surface area contributed by atoms with E-state index >= 15 is 0 Å². The summed E-state index contributed by atoms with van der Waals surface area (Å²) in [7, 11) is 0. The van der Waals surface area contributed by atoms with Crippen molar-refractivity contribution in [2.45, 2.75) is 25.8 Å². The first-order valence-electron chi connectivity index (χ1n) is 7.54. The van der Waals surface area contributed by atoms with Gasteiger partial charge in [0.1, 0.15) is 5.82 Å². The SMILES string of the molecule is Cc1ccccc1NC(=O)N1CCCC1c1ccc(F)cc1. The number of carbonyl (C=O) groups is 1. The van der Waals surface area contributed by atoms with Crippen LogP contribution in [-0.4, -0.2) is 17.5 Å². The highest BCUT2D eigenvalue weighted by Crippen LogP contribution is 2.32. The molecule has 0 spiro atoms. The van der Waals surface area contributed by atoms with Crippen LogP contribution >= 0.6 is 0 Å². The molecule has 2 amide bonds. The Morgan fingerprint density at radius 1 is 1.18 bits per heavy atom. The van der Waals surface area contributed by atoms with Crippen LogP contribution in [0.5, 0.6) is 0 Å². The van der Waals surface area contributed by atoms with Gasteiger partial charge in [-0.05, 0) is 49.1 Å². The molecule has 0 saturated carbocycles. The van der Waals surface area contributed by atoms with Gasteiger partial charge in [-0.3, -0.25) is 0 Å². The summed E-state index contributed by atoms with van der Waals surface area (Å²) >= 11 is 0. The molecule has 1 atom stereocenters. The molecule has 1 unspecified atom stereocenters. The Bertz CT molecular complexity index is 669. The first-order chi connectivity index (χ1) is 10.6. The van der Waals surface area contributed by atoms with E-state index in [0.29, 0.717) is 0 Å². The minimum atomic E-state index is -0.252. The first kappa shape index (κ1) is 14.6. The molecule has 1 saturated heterocycles. The lowest BCUT2D eigenvalue weighted by Gasteiger charge is -2.25. The maximum atomic E-state index is 13.1. The van der Waals surface area contributed by atoms with Crippen molar-refractivity contribution in [3.05, 3.63) is 65.5 Å². The van der Waals surface area contributed by atoms with E-state index in [9.17, 15) is 9.18 Å². The van der Waals surface area contributed by atoms with E-state index in [-0.39, 0.29) is 17.9 Å². The number of hydrogen-bond acceptors (Lipinski definition) is 1. The van der Waals surface area contributed by atoms with Gasteiger partial charge in [0, 0.05) is 12.2 Å². The number of likely N-dealkylation sites (tertiary alicyclic amines) is 1.